The molecule has 0 bridgehead atoms. The fourth-order valence-electron chi connectivity index (χ4n) is 3.48. The maximum atomic E-state index is 12.8. The number of likely N-dealkylation sites (tertiary alicyclic amines) is 1. The molecule has 3 aromatic rings. The van der Waals surface area contributed by atoms with E-state index in [-0.39, 0.29) is 17.8 Å². The number of H-pyrrole nitrogens is 1. The second kappa shape index (κ2) is 5.91. The highest BCUT2D eigenvalue weighted by atomic mass is 16.4. The number of piperidine rings is 1. The molecule has 4 rings (SSSR count). The number of carbonyl (C=O) groups is 1. The topological polar surface area (TPSA) is 101 Å². The largest absolute Gasteiger partial charge is 0.408 e. The number of fused-ring (bicyclic) bond motifs is 1. The lowest BCUT2D eigenvalue weighted by atomic mass is 9.96. The normalized spacial score (nSPS) is 15.8. The standard InChI is InChI=1S/C18H21N5O2/c1-10-3-4-14-13(11(10)2)9-15(20-14)17(24)23-7-5-12(6-8-23)16-21-22-18(19)25-16/h3-4,9,12,20H,5-8H2,1-2H3,(H2,19,22). The first-order valence-electron chi connectivity index (χ1n) is 8.50. The number of amides is 1. The van der Waals surface area contributed by atoms with Crippen LogP contribution in [0.2, 0.25) is 0 Å². The van der Waals surface area contributed by atoms with E-state index >= 15 is 0 Å². The van der Waals surface area contributed by atoms with E-state index in [4.69, 9.17) is 10.2 Å². The van der Waals surface area contributed by atoms with E-state index in [0.29, 0.717) is 24.7 Å². The van der Waals surface area contributed by atoms with Gasteiger partial charge in [-0.1, -0.05) is 11.2 Å². The molecule has 0 radical (unpaired) electrons. The first kappa shape index (κ1) is 15.7. The third-order valence-corrected chi connectivity index (χ3v) is 5.16. The molecule has 25 heavy (non-hydrogen) atoms. The Balaban J connectivity index is 1.50. The number of rotatable bonds is 2. The third-order valence-electron chi connectivity index (χ3n) is 5.16. The molecular weight excluding hydrogens is 318 g/mol. The van der Waals surface area contributed by atoms with Gasteiger partial charge in [-0.05, 0) is 49.9 Å². The Labute approximate surface area is 145 Å². The zero-order valence-corrected chi connectivity index (χ0v) is 14.4. The van der Waals surface area contributed by atoms with Gasteiger partial charge in [0.1, 0.15) is 5.69 Å². The number of carbonyl (C=O) groups excluding carboxylic acids is 1. The minimum atomic E-state index is 0.0387. The molecule has 3 N–H and O–H groups in total. The lowest BCUT2D eigenvalue weighted by Crippen LogP contribution is -2.38. The minimum Gasteiger partial charge on any atom is -0.408 e. The van der Waals surface area contributed by atoms with Crippen molar-refractivity contribution in [1.82, 2.24) is 20.1 Å². The maximum absolute atomic E-state index is 12.8. The van der Waals surface area contributed by atoms with Crippen LogP contribution < -0.4 is 5.73 Å². The zero-order valence-electron chi connectivity index (χ0n) is 14.4. The molecule has 130 valence electrons. The van der Waals surface area contributed by atoms with E-state index in [2.05, 4.69) is 35.1 Å². The van der Waals surface area contributed by atoms with Crippen molar-refractivity contribution in [3.8, 4) is 0 Å². The van der Waals surface area contributed by atoms with Crippen LogP contribution in [0.3, 0.4) is 0 Å². The Morgan fingerprint density at radius 2 is 2.04 bits per heavy atom. The van der Waals surface area contributed by atoms with Gasteiger partial charge in [-0.3, -0.25) is 4.79 Å². The van der Waals surface area contributed by atoms with E-state index in [1.807, 2.05) is 17.0 Å². The minimum absolute atomic E-state index is 0.0387. The average molecular weight is 339 g/mol. The Hall–Kier alpha value is -2.83. The number of nitrogen functional groups attached to an aromatic ring is 1. The van der Waals surface area contributed by atoms with Crippen molar-refractivity contribution in [1.29, 1.82) is 0 Å². The van der Waals surface area contributed by atoms with E-state index in [0.717, 1.165) is 23.7 Å². The fourth-order valence-corrected chi connectivity index (χ4v) is 3.48. The molecular formula is C18H21N5O2. The molecule has 1 aliphatic heterocycles. The highest BCUT2D eigenvalue weighted by molar-refractivity contribution is 5.99. The third kappa shape index (κ3) is 2.75. The van der Waals surface area contributed by atoms with Gasteiger partial charge < -0.3 is 20.0 Å². The van der Waals surface area contributed by atoms with Crippen LogP contribution in [0, 0.1) is 13.8 Å². The number of benzene rings is 1. The van der Waals surface area contributed by atoms with Gasteiger partial charge in [-0.15, -0.1) is 5.10 Å². The molecule has 1 amide bonds. The number of aryl methyl sites for hydroxylation is 2. The number of nitrogens with one attached hydrogen (secondary N) is 1. The number of hydrogen-bond donors (Lipinski definition) is 2. The van der Waals surface area contributed by atoms with E-state index < -0.39 is 0 Å². The summed E-state index contributed by atoms with van der Waals surface area (Å²) in [5.41, 5.74) is 9.57. The molecule has 7 heteroatoms. The molecule has 1 saturated heterocycles. The number of nitrogens with two attached hydrogens (primary N) is 1. The quantitative estimate of drug-likeness (QED) is 0.747. The van der Waals surface area contributed by atoms with Gasteiger partial charge in [0.25, 0.3) is 5.91 Å². The second-order valence-corrected chi connectivity index (χ2v) is 6.70. The van der Waals surface area contributed by atoms with Gasteiger partial charge in [0.2, 0.25) is 5.89 Å². The predicted molar refractivity (Wildman–Crippen MR) is 94.4 cm³/mol. The van der Waals surface area contributed by atoms with Gasteiger partial charge in [-0.25, -0.2) is 0 Å². The van der Waals surface area contributed by atoms with Crippen LogP contribution >= 0.6 is 0 Å². The van der Waals surface area contributed by atoms with Crippen LogP contribution in [0.1, 0.15) is 46.3 Å². The zero-order chi connectivity index (χ0) is 17.6. The molecule has 1 aliphatic rings. The predicted octanol–water partition coefficient (Wildman–Crippen LogP) is 2.77. The fraction of sp³-hybridized carbons (Fsp3) is 0.389. The highest BCUT2D eigenvalue weighted by Crippen LogP contribution is 2.29. The van der Waals surface area contributed by atoms with E-state index in [1.54, 1.807) is 0 Å². The van der Waals surface area contributed by atoms with E-state index in [1.165, 1.54) is 11.1 Å². The second-order valence-electron chi connectivity index (χ2n) is 6.70. The molecule has 0 unspecified atom stereocenters. The molecule has 7 nitrogen and oxygen atoms in total. The van der Waals surface area contributed by atoms with Crippen LogP contribution in [-0.2, 0) is 0 Å². The molecule has 1 aromatic carbocycles. The van der Waals surface area contributed by atoms with Crippen molar-refractivity contribution < 1.29 is 9.21 Å². The number of anilines is 1. The van der Waals surface area contributed by atoms with Crippen molar-refractivity contribution in [2.24, 2.45) is 0 Å². The molecule has 0 spiro atoms. The summed E-state index contributed by atoms with van der Waals surface area (Å²) < 4.78 is 5.31. The van der Waals surface area contributed by atoms with Gasteiger partial charge >= 0.3 is 6.01 Å². The first-order chi connectivity index (χ1) is 12.0. The molecule has 1 fully saturated rings. The van der Waals surface area contributed by atoms with Gasteiger partial charge in [0.05, 0.1) is 0 Å². The summed E-state index contributed by atoms with van der Waals surface area (Å²) in [5, 5.41) is 8.78. The van der Waals surface area contributed by atoms with Crippen LogP contribution in [0.4, 0.5) is 6.01 Å². The van der Waals surface area contributed by atoms with Crippen LogP contribution in [-0.4, -0.2) is 39.1 Å². The van der Waals surface area contributed by atoms with Crippen molar-refractivity contribution in [3.05, 3.63) is 40.9 Å². The molecule has 3 heterocycles. The average Bonchev–Trinajstić information content (AvgIpc) is 3.24. The molecule has 0 atom stereocenters. The molecule has 0 saturated carbocycles. The summed E-state index contributed by atoms with van der Waals surface area (Å²) in [6.45, 7) is 5.50. The summed E-state index contributed by atoms with van der Waals surface area (Å²) in [5.74, 6) is 0.777. The number of nitrogens with zero attached hydrogens (tertiary/aromatic N) is 3. The SMILES string of the molecule is Cc1ccc2[nH]c(C(=O)N3CCC(c4nnc(N)o4)CC3)cc2c1C. The number of aromatic nitrogens is 3. The van der Waals surface area contributed by atoms with Crippen molar-refractivity contribution in [2.75, 3.05) is 18.8 Å². The highest BCUT2D eigenvalue weighted by Gasteiger charge is 2.28. The number of hydrogen-bond acceptors (Lipinski definition) is 5. The summed E-state index contributed by atoms with van der Waals surface area (Å²) in [6, 6.07) is 6.16. The molecule has 0 aliphatic carbocycles. The summed E-state index contributed by atoms with van der Waals surface area (Å²) in [7, 11) is 0. The molecule has 2 aromatic heterocycles. The van der Waals surface area contributed by atoms with Crippen molar-refractivity contribution in [2.45, 2.75) is 32.6 Å². The van der Waals surface area contributed by atoms with Crippen LogP contribution in [0.5, 0.6) is 0 Å². The van der Waals surface area contributed by atoms with Gasteiger partial charge in [-0.2, -0.15) is 0 Å². The number of aromatic amines is 1. The Morgan fingerprint density at radius 1 is 1.28 bits per heavy atom. The van der Waals surface area contributed by atoms with Crippen molar-refractivity contribution >= 4 is 22.8 Å². The first-order valence-corrected chi connectivity index (χ1v) is 8.50. The summed E-state index contributed by atoms with van der Waals surface area (Å²) in [6.07, 6.45) is 1.59. The van der Waals surface area contributed by atoms with Crippen molar-refractivity contribution in [3.63, 3.8) is 0 Å². The maximum Gasteiger partial charge on any atom is 0.312 e. The lowest BCUT2D eigenvalue weighted by Gasteiger charge is -2.30. The summed E-state index contributed by atoms with van der Waals surface area (Å²) in [4.78, 5) is 18.0. The Kier molecular flexibility index (Phi) is 3.71. The van der Waals surface area contributed by atoms with Crippen LogP contribution in [0.15, 0.2) is 22.6 Å². The van der Waals surface area contributed by atoms with Crippen LogP contribution in [0.25, 0.3) is 10.9 Å². The van der Waals surface area contributed by atoms with Gasteiger partial charge in [0, 0.05) is 29.9 Å². The summed E-state index contributed by atoms with van der Waals surface area (Å²) >= 11 is 0. The lowest BCUT2D eigenvalue weighted by molar-refractivity contribution is 0.0701. The smallest absolute Gasteiger partial charge is 0.312 e. The van der Waals surface area contributed by atoms with Gasteiger partial charge in [0.15, 0.2) is 0 Å². The monoisotopic (exact) mass is 339 g/mol. The Bertz CT molecular complexity index is 934. The van der Waals surface area contributed by atoms with E-state index in [9.17, 15) is 4.79 Å². The Morgan fingerprint density at radius 3 is 2.72 bits per heavy atom.